The molecule has 0 amide bonds. The number of halogens is 1. The van der Waals surface area contributed by atoms with Gasteiger partial charge in [0.25, 0.3) is 0 Å². The summed E-state index contributed by atoms with van der Waals surface area (Å²) in [6.45, 7) is 6.99. The van der Waals surface area contributed by atoms with Gasteiger partial charge in [-0.15, -0.1) is 6.58 Å². The van der Waals surface area contributed by atoms with Gasteiger partial charge in [-0.05, 0) is 73.2 Å². The molecule has 1 aliphatic heterocycles. The Morgan fingerprint density at radius 1 is 1.28 bits per heavy atom. The van der Waals surface area contributed by atoms with Crippen LogP contribution in [0.1, 0.15) is 23.2 Å². The molecule has 1 saturated heterocycles. The van der Waals surface area contributed by atoms with Gasteiger partial charge in [-0.1, -0.05) is 29.8 Å². The van der Waals surface area contributed by atoms with Gasteiger partial charge < -0.3 is 9.67 Å². The summed E-state index contributed by atoms with van der Waals surface area (Å²) in [5.74, 6) is 0.855. The van der Waals surface area contributed by atoms with E-state index in [9.17, 15) is 5.11 Å². The summed E-state index contributed by atoms with van der Waals surface area (Å²) < 4.78 is 2.36. The molecule has 3 aromatic rings. The molecule has 1 aliphatic carbocycles. The van der Waals surface area contributed by atoms with Crippen molar-refractivity contribution in [3.63, 3.8) is 0 Å². The van der Waals surface area contributed by atoms with Gasteiger partial charge in [-0.25, -0.2) is 0 Å². The number of nitrogens with zero attached hydrogens (tertiary/aromatic N) is 2. The molecule has 3 nitrogen and oxygen atoms in total. The Bertz CT molecular complexity index is 1100. The zero-order valence-electron chi connectivity index (χ0n) is 16.9. The lowest BCUT2D eigenvalue weighted by Gasteiger charge is -2.51. The van der Waals surface area contributed by atoms with Gasteiger partial charge in [-0.3, -0.25) is 4.90 Å². The Labute approximate surface area is 177 Å². The van der Waals surface area contributed by atoms with E-state index >= 15 is 0 Å². The van der Waals surface area contributed by atoms with Crippen molar-refractivity contribution in [1.29, 1.82) is 0 Å². The molecule has 0 saturated carbocycles. The largest absolute Gasteiger partial charge is 0.508 e. The van der Waals surface area contributed by atoms with Crippen LogP contribution in [0.15, 0.2) is 55.1 Å². The van der Waals surface area contributed by atoms with Crippen LogP contribution in [0.2, 0.25) is 5.02 Å². The van der Waals surface area contributed by atoms with Crippen LogP contribution in [0.4, 0.5) is 0 Å². The van der Waals surface area contributed by atoms with Crippen molar-refractivity contribution in [3.05, 3.63) is 77.0 Å². The number of phenolic OH excluding ortho intramolecular Hbond substituents is 1. The Balaban J connectivity index is 1.68. The first-order valence-electron chi connectivity index (χ1n) is 10.4. The SMILES string of the molecule is C=CCN1CCC2(c3cccc(O)c3)Cc3c(c4cc(Cl)ccc4n3C)CC2C1. The maximum absolute atomic E-state index is 10.2. The minimum absolute atomic E-state index is 0.0509. The maximum atomic E-state index is 10.2. The standard InChI is InChI=1S/C25H27ClN2O/c1-3-10-28-11-9-25(17-5-4-6-20(29)12-17)15-24-21(13-18(25)16-28)22-14-19(26)7-8-23(22)27(24)2/h3-8,12,14,18,29H,1,9-11,13,15-16H2,2H3. The summed E-state index contributed by atoms with van der Waals surface area (Å²) in [6.07, 6.45) is 5.14. The third-order valence-electron chi connectivity index (χ3n) is 7.27. The van der Waals surface area contributed by atoms with Crippen LogP contribution in [0.3, 0.4) is 0 Å². The van der Waals surface area contributed by atoms with Gasteiger partial charge in [0, 0.05) is 47.2 Å². The number of aryl methyl sites for hydroxylation is 1. The molecular weight excluding hydrogens is 380 g/mol. The van der Waals surface area contributed by atoms with Crippen molar-refractivity contribution >= 4 is 22.5 Å². The molecule has 4 heteroatoms. The Morgan fingerprint density at radius 2 is 2.14 bits per heavy atom. The summed E-state index contributed by atoms with van der Waals surface area (Å²) in [6, 6.07) is 14.2. The lowest BCUT2D eigenvalue weighted by Crippen LogP contribution is -2.53. The maximum Gasteiger partial charge on any atom is 0.115 e. The molecule has 2 unspecified atom stereocenters. The normalized spacial score (nSPS) is 24.3. The predicted molar refractivity (Wildman–Crippen MR) is 120 cm³/mol. The van der Waals surface area contributed by atoms with Gasteiger partial charge in [0.05, 0.1) is 0 Å². The van der Waals surface area contributed by atoms with Crippen LogP contribution in [0.5, 0.6) is 5.75 Å². The first kappa shape index (κ1) is 18.8. The van der Waals surface area contributed by atoms with Gasteiger partial charge in [-0.2, -0.15) is 0 Å². The molecule has 1 fully saturated rings. The zero-order valence-corrected chi connectivity index (χ0v) is 17.6. The van der Waals surface area contributed by atoms with Crippen molar-refractivity contribution in [1.82, 2.24) is 9.47 Å². The topological polar surface area (TPSA) is 28.4 Å². The number of fused-ring (bicyclic) bond motifs is 4. The van der Waals surface area contributed by atoms with Crippen molar-refractivity contribution in [2.45, 2.75) is 24.7 Å². The highest BCUT2D eigenvalue weighted by molar-refractivity contribution is 6.31. The molecule has 0 bridgehead atoms. The van der Waals surface area contributed by atoms with Crippen molar-refractivity contribution in [2.75, 3.05) is 19.6 Å². The predicted octanol–water partition coefficient (Wildman–Crippen LogP) is 5.08. The van der Waals surface area contributed by atoms with E-state index in [0.717, 1.165) is 43.9 Å². The summed E-state index contributed by atoms with van der Waals surface area (Å²) >= 11 is 6.36. The van der Waals surface area contributed by atoms with Crippen molar-refractivity contribution < 1.29 is 5.11 Å². The van der Waals surface area contributed by atoms with E-state index in [-0.39, 0.29) is 5.41 Å². The van der Waals surface area contributed by atoms with Crippen LogP contribution in [0.25, 0.3) is 10.9 Å². The van der Waals surface area contributed by atoms with Crippen molar-refractivity contribution in [3.8, 4) is 5.75 Å². The number of rotatable bonds is 3. The highest BCUT2D eigenvalue weighted by Crippen LogP contribution is 2.50. The lowest BCUT2D eigenvalue weighted by atomic mass is 9.58. The molecule has 2 heterocycles. The Kier molecular flexibility index (Phi) is 4.49. The quantitative estimate of drug-likeness (QED) is 0.614. The second kappa shape index (κ2) is 6.93. The van der Waals surface area contributed by atoms with Crippen LogP contribution < -0.4 is 0 Å². The molecule has 29 heavy (non-hydrogen) atoms. The Hall–Kier alpha value is -2.23. The third-order valence-corrected chi connectivity index (χ3v) is 7.51. The molecule has 0 radical (unpaired) electrons. The zero-order chi connectivity index (χ0) is 20.2. The van der Waals surface area contributed by atoms with E-state index in [1.807, 2.05) is 24.3 Å². The number of hydrogen-bond acceptors (Lipinski definition) is 2. The fourth-order valence-electron chi connectivity index (χ4n) is 5.82. The number of likely N-dealkylation sites (tertiary alicyclic amines) is 1. The number of benzene rings is 2. The third kappa shape index (κ3) is 2.91. The van der Waals surface area contributed by atoms with Crippen LogP contribution >= 0.6 is 11.6 Å². The van der Waals surface area contributed by atoms with Gasteiger partial charge in [0.1, 0.15) is 5.75 Å². The Morgan fingerprint density at radius 3 is 2.93 bits per heavy atom. The van der Waals surface area contributed by atoms with E-state index < -0.39 is 0 Å². The second-order valence-corrected chi connectivity index (χ2v) is 9.16. The summed E-state index contributed by atoms with van der Waals surface area (Å²) in [5, 5.41) is 12.3. The van der Waals surface area contributed by atoms with Crippen molar-refractivity contribution in [2.24, 2.45) is 13.0 Å². The number of hydrogen-bond donors (Lipinski definition) is 1. The number of phenols is 1. The summed E-state index contributed by atoms with van der Waals surface area (Å²) in [7, 11) is 2.18. The van der Waals surface area contributed by atoms with Gasteiger partial charge in [0.15, 0.2) is 0 Å². The molecule has 2 aliphatic rings. The van der Waals surface area contributed by atoms with E-state index in [2.05, 4.69) is 41.3 Å². The lowest BCUT2D eigenvalue weighted by molar-refractivity contribution is 0.0888. The van der Waals surface area contributed by atoms with Crippen LogP contribution in [0, 0.1) is 5.92 Å². The van der Waals surface area contributed by atoms with E-state index in [0.29, 0.717) is 11.7 Å². The van der Waals surface area contributed by atoms with Gasteiger partial charge >= 0.3 is 0 Å². The molecule has 1 aromatic heterocycles. The molecule has 2 atom stereocenters. The molecule has 150 valence electrons. The monoisotopic (exact) mass is 406 g/mol. The first-order chi connectivity index (χ1) is 14.0. The minimum Gasteiger partial charge on any atom is -0.508 e. The number of aromatic nitrogens is 1. The van der Waals surface area contributed by atoms with Crippen LogP contribution in [-0.4, -0.2) is 34.2 Å². The number of aromatic hydroxyl groups is 1. The average molecular weight is 407 g/mol. The smallest absolute Gasteiger partial charge is 0.115 e. The summed E-state index contributed by atoms with van der Waals surface area (Å²) in [5.41, 5.74) is 5.45. The highest BCUT2D eigenvalue weighted by Gasteiger charge is 2.48. The van der Waals surface area contributed by atoms with E-state index in [4.69, 9.17) is 11.6 Å². The average Bonchev–Trinajstić information content (AvgIpc) is 2.97. The van der Waals surface area contributed by atoms with Gasteiger partial charge in [0.2, 0.25) is 0 Å². The second-order valence-electron chi connectivity index (χ2n) is 8.73. The van der Waals surface area contributed by atoms with E-state index in [1.165, 1.54) is 27.7 Å². The molecule has 5 rings (SSSR count). The summed E-state index contributed by atoms with van der Waals surface area (Å²) in [4.78, 5) is 2.52. The molecular formula is C25H27ClN2O. The first-order valence-corrected chi connectivity index (χ1v) is 10.8. The number of piperidine rings is 1. The van der Waals surface area contributed by atoms with Crippen LogP contribution in [-0.2, 0) is 25.3 Å². The minimum atomic E-state index is 0.0509. The molecule has 1 N–H and O–H groups in total. The highest BCUT2D eigenvalue weighted by atomic mass is 35.5. The fraction of sp³-hybridized carbons (Fsp3) is 0.360. The molecule has 2 aromatic carbocycles. The fourth-order valence-corrected chi connectivity index (χ4v) is 5.99. The molecule has 0 spiro atoms. The van der Waals surface area contributed by atoms with E-state index in [1.54, 1.807) is 6.07 Å².